The number of halogens is 3. The van der Waals surface area contributed by atoms with E-state index in [4.69, 9.17) is 9.84 Å². The van der Waals surface area contributed by atoms with Crippen molar-refractivity contribution in [1.82, 2.24) is 4.90 Å². The van der Waals surface area contributed by atoms with Gasteiger partial charge in [-0.15, -0.1) is 0 Å². The highest BCUT2D eigenvalue weighted by molar-refractivity contribution is 5.76. The van der Waals surface area contributed by atoms with Crippen LogP contribution < -0.4 is 0 Å². The standard InChI is InChI=1S/C10H16F3NO3/c1-7-6-17-8(5-15)4-14(7)9(16)2-3-10(11,12)13/h7-8,15H,2-6H2,1H3. The molecule has 0 spiro atoms. The minimum atomic E-state index is -4.32. The molecule has 2 atom stereocenters. The van der Waals surface area contributed by atoms with E-state index in [2.05, 4.69) is 0 Å². The van der Waals surface area contributed by atoms with Crippen molar-refractivity contribution in [2.45, 2.75) is 38.1 Å². The molecule has 0 aromatic heterocycles. The molecule has 1 N–H and O–H groups in total. The molecule has 1 saturated heterocycles. The van der Waals surface area contributed by atoms with E-state index in [9.17, 15) is 18.0 Å². The summed E-state index contributed by atoms with van der Waals surface area (Å²) in [5.41, 5.74) is 0. The van der Waals surface area contributed by atoms with Gasteiger partial charge in [0, 0.05) is 13.0 Å². The average molecular weight is 255 g/mol. The lowest BCUT2D eigenvalue weighted by atomic mass is 10.1. The molecule has 2 unspecified atom stereocenters. The van der Waals surface area contributed by atoms with Gasteiger partial charge in [0.05, 0.1) is 31.8 Å². The monoisotopic (exact) mass is 255 g/mol. The van der Waals surface area contributed by atoms with E-state index in [1.54, 1.807) is 6.92 Å². The van der Waals surface area contributed by atoms with Crippen molar-refractivity contribution in [1.29, 1.82) is 0 Å². The summed E-state index contributed by atoms with van der Waals surface area (Å²) >= 11 is 0. The van der Waals surface area contributed by atoms with Crippen molar-refractivity contribution in [3.8, 4) is 0 Å². The molecule has 1 rings (SSSR count). The number of alkyl halides is 3. The Bertz CT molecular complexity index is 270. The Morgan fingerprint density at radius 3 is 2.71 bits per heavy atom. The molecule has 100 valence electrons. The van der Waals surface area contributed by atoms with Crippen molar-refractivity contribution >= 4 is 5.91 Å². The third kappa shape index (κ3) is 4.51. The smallest absolute Gasteiger partial charge is 0.389 e. The zero-order valence-corrected chi connectivity index (χ0v) is 9.54. The van der Waals surface area contributed by atoms with Crippen LogP contribution in [0.15, 0.2) is 0 Å². The van der Waals surface area contributed by atoms with E-state index in [1.807, 2.05) is 0 Å². The molecule has 0 aromatic carbocycles. The highest BCUT2D eigenvalue weighted by Crippen LogP contribution is 2.23. The molecule has 1 heterocycles. The van der Waals surface area contributed by atoms with Gasteiger partial charge in [-0.1, -0.05) is 0 Å². The zero-order chi connectivity index (χ0) is 13.1. The van der Waals surface area contributed by atoms with Crippen LogP contribution in [-0.2, 0) is 9.53 Å². The van der Waals surface area contributed by atoms with Gasteiger partial charge >= 0.3 is 6.18 Å². The lowest BCUT2D eigenvalue weighted by Crippen LogP contribution is -2.52. The van der Waals surface area contributed by atoms with Crippen molar-refractivity contribution in [2.24, 2.45) is 0 Å². The molecule has 0 aromatic rings. The fraction of sp³-hybridized carbons (Fsp3) is 0.900. The van der Waals surface area contributed by atoms with Crippen LogP contribution >= 0.6 is 0 Å². The highest BCUT2D eigenvalue weighted by Gasteiger charge is 2.33. The quantitative estimate of drug-likeness (QED) is 0.816. The molecule has 1 amide bonds. The number of amides is 1. The van der Waals surface area contributed by atoms with E-state index in [0.29, 0.717) is 0 Å². The van der Waals surface area contributed by atoms with Crippen molar-refractivity contribution in [3.05, 3.63) is 0 Å². The normalized spacial score (nSPS) is 26.1. The number of carbonyl (C=O) groups excluding carboxylic acids is 1. The van der Waals surface area contributed by atoms with Crippen molar-refractivity contribution in [3.63, 3.8) is 0 Å². The molecule has 0 aliphatic carbocycles. The van der Waals surface area contributed by atoms with E-state index in [1.165, 1.54) is 4.90 Å². The lowest BCUT2D eigenvalue weighted by Gasteiger charge is -2.37. The van der Waals surface area contributed by atoms with Gasteiger partial charge in [-0.05, 0) is 6.92 Å². The number of hydrogen-bond donors (Lipinski definition) is 1. The zero-order valence-electron chi connectivity index (χ0n) is 9.54. The SMILES string of the molecule is CC1COC(CO)CN1C(=O)CCC(F)(F)F. The summed E-state index contributed by atoms with van der Waals surface area (Å²) in [7, 11) is 0. The second kappa shape index (κ2) is 5.68. The summed E-state index contributed by atoms with van der Waals surface area (Å²) in [4.78, 5) is 12.9. The van der Waals surface area contributed by atoms with Gasteiger partial charge in [-0.2, -0.15) is 13.2 Å². The molecular formula is C10H16F3NO3. The van der Waals surface area contributed by atoms with Gasteiger partial charge in [-0.25, -0.2) is 0 Å². The molecular weight excluding hydrogens is 239 g/mol. The number of rotatable bonds is 3. The maximum absolute atomic E-state index is 12.0. The Morgan fingerprint density at radius 1 is 1.53 bits per heavy atom. The Labute approximate surface area is 97.3 Å². The number of ether oxygens (including phenoxy) is 1. The van der Waals surface area contributed by atoms with Gasteiger partial charge < -0.3 is 14.7 Å². The molecule has 1 aliphatic heterocycles. The van der Waals surface area contributed by atoms with E-state index in [-0.39, 0.29) is 25.8 Å². The summed E-state index contributed by atoms with van der Waals surface area (Å²) < 4.78 is 41.2. The van der Waals surface area contributed by atoms with Crippen molar-refractivity contribution in [2.75, 3.05) is 19.8 Å². The third-order valence-corrected chi connectivity index (χ3v) is 2.65. The van der Waals surface area contributed by atoms with Gasteiger partial charge in [0.15, 0.2) is 0 Å². The molecule has 1 fully saturated rings. The van der Waals surface area contributed by atoms with Gasteiger partial charge in [0.1, 0.15) is 0 Å². The Balaban J connectivity index is 2.49. The molecule has 17 heavy (non-hydrogen) atoms. The van der Waals surface area contributed by atoms with Crippen LogP contribution in [0.3, 0.4) is 0 Å². The maximum atomic E-state index is 12.0. The first-order valence-electron chi connectivity index (χ1n) is 5.42. The number of nitrogens with zero attached hydrogens (tertiary/aromatic N) is 1. The lowest BCUT2D eigenvalue weighted by molar-refractivity contribution is -0.157. The van der Waals surface area contributed by atoms with Crippen LogP contribution in [0.4, 0.5) is 13.2 Å². The van der Waals surface area contributed by atoms with E-state index >= 15 is 0 Å². The highest BCUT2D eigenvalue weighted by atomic mass is 19.4. The molecule has 0 bridgehead atoms. The van der Waals surface area contributed by atoms with E-state index in [0.717, 1.165) is 0 Å². The first kappa shape index (κ1) is 14.2. The van der Waals surface area contributed by atoms with Crippen LogP contribution in [0.5, 0.6) is 0 Å². The third-order valence-electron chi connectivity index (χ3n) is 2.65. The number of aliphatic hydroxyl groups is 1. The van der Waals surface area contributed by atoms with E-state index < -0.39 is 31.0 Å². The predicted octanol–water partition coefficient (Wildman–Crippen LogP) is 0.937. The minimum absolute atomic E-state index is 0.147. The molecule has 0 radical (unpaired) electrons. The van der Waals surface area contributed by atoms with Gasteiger partial charge in [-0.3, -0.25) is 4.79 Å². The minimum Gasteiger partial charge on any atom is -0.394 e. The van der Waals surface area contributed by atoms with Crippen LogP contribution in [0, 0.1) is 0 Å². The van der Waals surface area contributed by atoms with Crippen molar-refractivity contribution < 1.29 is 27.8 Å². The van der Waals surface area contributed by atoms with Gasteiger partial charge in [0.25, 0.3) is 0 Å². The fourth-order valence-electron chi connectivity index (χ4n) is 1.67. The van der Waals surface area contributed by atoms with Crippen LogP contribution in [0.1, 0.15) is 19.8 Å². The number of aliphatic hydroxyl groups excluding tert-OH is 1. The topological polar surface area (TPSA) is 49.8 Å². The Hall–Kier alpha value is -0.820. The summed E-state index contributed by atoms with van der Waals surface area (Å²) in [5, 5.41) is 8.89. The second-order valence-corrected chi connectivity index (χ2v) is 4.15. The fourth-order valence-corrected chi connectivity index (χ4v) is 1.67. The van der Waals surface area contributed by atoms with Crippen LogP contribution in [0.25, 0.3) is 0 Å². The van der Waals surface area contributed by atoms with Crippen LogP contribution in [-0.4, -0.2) is 54.0 Å². The summed E-state index contributed by atoms with van der Waals surface area (Å²) in [6.45, 7) is 1.85. The van der Waals surface area contributed by atoms with Gasteiger partial charge in [0.2, 0.25) is 5.91 Å². The summed E-state index contributed by atoms with van der Waals surface area (Å²) in [6, 6.07) is -0.251. The number of carbonyl (C=O) groups is 1. The largest absolute Gasteiger partial charge is 0.394 e. The molecule has 0 saturated carbocycles. The number of morpholine rings is 1. The Morgan fingerprint density at radius 2 is 2.18 bits per heavy atom. The van der Waals surface area contributed by atoms with Crippen LogP contribution in [0.2, 0.25) is 0 Å². The summed E-state index contributed by atoms with van der Waals surface area (Å²) in [5.74, 6) is -0.545. The first-order chi connectivity index (χ1) is 7.83. The second-order valence-electron chi connectivity index (χ2n) is 4.15. The summed E-state index contributed by atoms with van der Waals surface area (Å²) in [6.07, 6.45) is -6.48. The predicted molar refractivity (Wildman–Crippen MR) is 53.3 cm³/mol. The first-order valence-corrected chi connectivity index (χ1v) is 5.42. The molecule has 7 heteroatoms. The average Bonchev–Trinajstić information content (AvgIpc) is 2.25. The maximum Gasteiger partial charge on any atom is 0.389 e. The molecule has 4 nitrogen and oxygen atoms in total. The molecule has 1 aliphatic rings. The Kier molecular flexibility index (Phi) is 4.76. The number of hydrogen-bond acceptors (Lipinski definition) is 3.